The van der Waals surface area contributed by atoms with Crippen LogP contribution in [-0.4, -0.2) is 146 Å². The van der Waals surface area contributed by atoms with Gasteiger partial charge in [-0.3, -0.25) is 19.2 Å². The van der Waals surface area contributed by atoms with Crippen LogP contribution in [0.15, 0.2) is 146 Å². The van der Waals surface area contributed by atoms with Crippen molar-refractivity contribution in [1.82, 2.24) is 21.3 Å². The van der Waals surface area contributed by atoms with Gasteiger partial charge < -0.3 is 98.5 Å². The second kappa shape index (κ2) is 59.9. The molecule has 0 radical (unpaired) electrons. The first kappa shape index (κ1) is 112. The average molecular weight is 2040 g/mol. The summed E-state index contributed by atoms with van der Waals surface area (Å²) in [5.74, 6) is -10.9. The van der Waals surface area contributed by atoms with Gasteiger partial charge in [-0.15, -0.1) is 0 Å². The predicted octanol–water partition coefficient (Wildman–Crippen LogP) is 23.9. The Morgan fingerprint density at radius 2 is 0.399 bits per heavy atom. The molecule has 8 N–H and O–H groups in total. The number of nitrogens with one attached hydrogen (secondary N) is 4. The fourth-order valence-corrected chi connectivity index (χ4v) is 21.3. The lowest BCUT2D eigenvalue weighted by atomic mass is 9.75. The third-order valence-corrected chi connectivity index (χ3v) is 29.1. The molecule has 0 saturated carbocycles. The van der Waals surface area contributed by atoms with Gasteiger partial charge in [-0.1, -0.05) is 380 Å². The number of benzene rings is 8. The Bertz CT molecular complexity index is 4770. The Hall–Kier alpha value is -12.9. The minimum absolute atomic E-state index is 0.0367. The van der Waals surface area contributed by atoms with Gasteiger partial charge in [0.25, 0.3) is 23.6 Å². The van der Waals surface area contributed by atoms with Gasteiger partial charge in [-0.25, -0.2) is 19.2 Å². The van der Waals surface area contributed by atoms with Gasteiger partial charge in [-0.2, -0.15) is 0 Å². The minimum atomic E-state index is -1.40. The Balaban J connectivity index is 1.12. The molecule has 8 bridgehead atoms. The van der Waals surface area contributed by atoms with Crippen LogP contribution in [0, 0.1) is 0 Å². The van der Waals surface area contributed by atoms with Gasteiger partial charge >= 0.3 is 23.9 Å². The standard InChI is InChI=1S/C120H156N4O24/c1-5-9-13-17-21-25-29-33-49-61-85-89-69-91-86(62-50-34-30-26-22-18-14-10-6-2)93-71-95-88(64-52-36-32-28-24-20-16-12-8-4)96-72-94-87(63-51-35-31-27-23-19-15-11-7-3)92-70-90(85)106-114(138-74-102(126)122-98(118(131)132)66-82-55-43-38-44-56-82)108(92)144-79-146-110(94)116(140-76-104(128)124-100(120(135)136)68-84-59-47-40-48-60-84)112(96)148-80-147-111(95)115(139-75-103(127)123-99(119(133)134)67-83-57-45-39-46-58-83)109(93)145-78-143-107(91)113(105(89)141-77-142-106)137-73-101(125)121-97(117(129)130)65-81-53-41-37-42-54-81/h37-48,53-60,69-72,85-88,97-100H,5-36,49-52,61-68,73-80H2,1-4H3,(H,121,125)(H,122,126)(H,123,127)(H,124,128)(H,129,130)(H,131,132)(H,133,134)(H,135,136). The van der Waals surface area contributed by atoms with Crippen molar-refractivity contribution in [3.05, 3.63) is 212 Å². The summed E-state index contributed by atoms with van der Waals surface area (Å²) in [6.07, 6.45) is 36.1. The fourth-order valence-electron chi connectivity index (χ4n) is 21.3. The maximum atomic E-state index is 15.2. The van der Waals surface area contributed by atoms with E-state index in [0.717, 1.165) is 205 Å². The number of carbonyl (C=O) groups excluding carboxylic acids is 4. The molecule has 8 aromatic rings. The highest BCUT2D eigenvalue weighted by Gasteiger charge is 2.45. The molecule has 28 heteroatoms. The monoisotopic (exact) mass is 2040 g/mol. The van der Waals surface area contributed by atoms with E-state index in [4.69, 9.17) is 56.8 Å². The first-order valence-electron chi connectivity index (χ1n) is 54.9. The quantitative estimate of drug-likeness (QED) is 0.0164. The van der Waals surface area contributed by atoms with Gasteiger partial charge in [0.1, 0.15) is 24.2 Å². The lowest BCUT2D eigenvalue weighted by molar-refractivity contribution is -0.142. The van der Waals surface area contributed by atoms with Crippen molar-refractivity contribution in [2.24, 2.45) is 0 Å². The number of carbonyl (C=O) groups is 8. The molecule has 148 heavy (non-hydrogen) atoms. The fraction of sp³-hybridized carbons (Fsp3) is 0.533. The predicted molar refractivity (Wildman–Crippen MR) is 566 cm³/mol. The maximum absolute atomic E-state index is 15.2. The van der Waals surface area contributed by atoms with Crippen molar-refractivity contribution in [3.8, 4) is 69.0 Å². The lowest BCUT2D eigenvalue weighted by Crippen LogP contribution is -2.44. The second-order valence-electron chi connectivity index (χ2n) is 40.2. The van der Waals surface area contributed by atoms with E-state index in [9.17, 15) is 39.6 Å². The molecule has 0 fully saturated rings. The van der Waals surface area contributed by atoms with Gasteiger partial charge in [0, 0.05) is 93.9 Å². The molecule has 28 nitrogen and oxygen atoms in total. The van der Waals surface area contributed by atoms with E-state index in [0.29, 0.717) is 118 Å². The number of hydrogen-bond donors (Lipinski definition) is 8. The molecule has 8 aromatic carbocycles. The summed E-state index contributed by atoms with van der Waals surface area (Å²) in [6, 6.07) is 38.8. The molecule has 0 aromatic heterocycles. The maximum Gasteiger partial charge on any atom is 0.326 e. The molecule has 13 rings (SSSR count). The number of hydrogen-bond acceptors (Lipinski definition) is 20. The molecule has 0 saturated heterocycles. The van der Waals surface area contributed by atoms with Crippen molar-refractivity contribution < 1.29 is 116 Å². The molecule has 4 unspecified atom stereocenters. The zero-order valence-electron chi connectivity index (χ0n) is 87.2. The van der Waals surface area contributed by atoms with Gasteiger partial charge in [0.05, 0.1) is 0 Å². The average Bonchev–Trinajstić information content (AvgIpc) is 0.717. The van der Waals surface area contributed by atoms with Crippen LogP contribution < -0.4 is 78.1 Å². The van der Waals surface area contributed by atoms with Gasteiger partial charge in [-0.05, 0) is 72.2 Å². The van der Waals surface area contributed by atoms with E-state index in [-0.39, 0.29) is 94.7 Å². The molecular weight excluding hydrogens is 1880 g/mol. The molecule has 4 amide bonds. The molecule has 800 valence electrons. The normalized spacial score (nSPS) is 15.6. The zero-order valence-corrected chi connectivity index (χ0v) is 87.2. The van der Waals surface area contributed by atoms with E-state index in [1.165, 1.54) is 0 Å². The Kier molecular flexibility index (Phi) is 45.5. The first-order chi connectivity index (χ1) is 72.3. The molecule has 4 heterocycles. The van der Waals surface area contributed by atoms with Gasteiger partial charge in [0.2, 0.25) is 50.2 Å². The number of carboxylic acids is 4. The number of carboxylic acid groups (broad SMARTS) is 4. The van der Waals surface area contributed by atoms with Crippen LogP contribution >= 0.6 is 0 Å². The number of ether oxygens (including phenoxy) is 12. The smallest absolute Gasteiger partial charge is 0.326 e. The van der Waals surface area contributed by atoms with E-state index in [2.05, 4.69) is 73.2 Å². The highest BCUT2D eigenvalue weighted by atomic mass is 16.7. The van der Waals surface area contributed by atoms with E-state index in [1.54, 1.807) is 97.1 Å². The summed E-state index contributed by atoms with van der Waals surface area (Å²) >= 11 is 0. The topological polar surface area (TPSA) is 376 Å². The molecule has 0 spiro atoms. The molecular formula is C120H156N4O24. The van der Waals surface area contributed by atoms with Crippen LogP contribution in [0.1, 0.15) is 375 Å². The second-order valence-corrected chi connectivity index (χ2v) is 40.2. The third-order valence-electron chi connectivity index (χ3n) is 29.1. The summed E-state index contributed by atoms with van der Waals surface area (Å²) in [7, 11) is 0. The minimum Gasteiger partial charge on any atom is -0.480 e. The first-order valence-corrected chi connectivity index (χ1v) is 54.9. The zero-order chi connectivity index (χ0) is 104. The number of amides is 4. The van der Waals surface area contributed by atoms with Crippen molar-refractivity contribution in [2.45, 2.75) is 358 Å². The Labute approximate surface area is 872 Å². The van der Waals surface area contributed by atoms with Crippen molar-refractivity contribution in [1.29, 1.82) is 0 Å². The summed E-state index contributed by atoms with van der Waals surface area (Å²) in [5.41, 5.74) is 7.02. The van der Waals surface area contributed by atoms with Crippen LogP contribution in [0.2, 0.25) is 0 Å². The third kappa shape index (κ3) is 32.6. The summed E-state index contributed by atoms with van der Waals surface area (Å²) < 4.78 is 86.6. The largest absolute Gasteiger partial charge is 0.480 e. The summed E-state index contributed by atoms with van der Waals surface area (Å²) in [6.45, 7) is 3.26. The summed E-state index contributed by atoms with van der Waals surface area (Å²) in [4.78, 5) is 114. The van der Waals surface area contributed by atoms with E-state index >= 15 is 19.2 Å². The SMILES string of the molecule is CCCCCCCCCCCC1c2cc3c4c(OCC(=O)NC(Cc5ccccc5)C(=O)O)c2OCOc2c1cc1c(c2OCC(=O)NC(Cc2ccccc2)C(=O)O)OCOc2c(cc5c(c2OCC(=O)NC(Cc2ccccc2)C(=O)O)OCOc2c(cc(c(c2OCC(=O)NC(Cc2ccccc2)C(=O)O)OCO4)C3CCCCCCCCCCC)C5CCCCCCCCCCC)C1CCCCCCCCCCC. The molecule has 4 aliphatic heterocycles. The Morgan fingerprint density at radius 1 is 0.243 bits per heavy atom. The van der Waals surface area contributed by atoms with Crippen molar-refractivity contribution >= 4 is 47.5 Å². The number of aliphatic carboxylic acids is 4. The van der Waals surface area contributed by atoms with Crippen LogP contribution in [0.3, 0.4) is 0 Å². The van der Waals surface area contributed by atoms with Crippen LogP contribution in [0.5, 0.6) is 69.0 Å². The molecule has 1 aliphatic carbocycles. The molecule has 4 atom stereocenters. The van der Waals surface area contributed by atoms with Crippen LogP contribution in [-0.2, 0) is 64.0 Å². The van der Waals surface area contributed by atoms with E-state index in [1.807, 2.05) is 24.3 Å². The Morgan fingerprint density at radius 3 is 0.554 bits per heavy atom. The summed E-state index contributed by atoms with van der Waals surface area (Å²) in [5, 5.41) is 54.8. The van der Waals surface area contributed by atoms with Crippen molar-refractivity contribution in [2.75, 3.05) is 53.6 Å². The van der Waals surface area contributed by atoms with Gasteiger partial charge in [0.15, 0.2) is 72.4 Å². The van der Waals surface area contributed by atoms with Crippen LogP contribution in [0.25, 0.3) is 0 Å². The highest BCUT2D eigenvalue weighted by molar-refractivity contribution is 5.88. The molecule has 5 aliphatic rings. The number of unbranched alkanes of at least 4 members (excludes halogenated alkanes) is 32. The van der Waals surface area contributed by atoms with Crippen LogP contribution in [0.4, 0.5) is 0 Å². The highest BCUT2D eigenvalue weighted by Crippen LogP contribution is 2.63. The van der Waals surface area contributed by atoms with E-state index < -0.39 is 149 Å². The lowest BCUT2D eigenvalue weighted by Gasteiger charge is -2.37. The van der Waals surface area contributed by atoms with Crippen molar-refractivity contribution in [3.63, 3.8) is 0 Å². The number of rotatable bonds is 68.